The fraction of sp³-hybridized carbons (Fsp3) is 0.200. The molecule has 0 saturated carbocycles. The number of hydrogen-bond donors (Lipinski definition) is 1. The van der Waals surface area contributed by atoms with E-state index in [9.17, 15) is 14.4 Å². The first-order valence-corrected chi connectivity index (χ1v) is 8.80. The van der Waals surface area contributed by atoms with Crippen LogP contribution in [0.5, 0.6) is 0 Å². The van der Waals surface area contributed by atoms with Gasteiger partial charge in [0.1, 0.15) is 6.54 Å². The molecule has 0 aliphatic carbocycles. The fourth-order valence-corrected chi connectivity index (χ4v) is 3.31. The number of para-hydroxylation sites is 2. The topological polar surface area (TPSA) is 84.3 Å². The van der Waals surface area contributed by atoms with E-state index in [1.165, 1.54) is 0 Å². The number of aromatic nitrogens is 2. The van der Waals surface area contributed by atoms with Gasteiger partial charge in [0.25, 0.3) is 11.8 Å². The zero-order valence-corrected chi connectivity index (χ0v) is 14.8. The number of anilines is 1. The van der Waals surface area contributed by atoms with Gasteiger partial charge in [-0.3, -0.25) is 24.6 Å². The second kappa shape index (κ2) is 6.68. The van der Waals surface area contributed by atoms with Gasteiger partial charge in [0.05, 0.1) is 22.2 Å². The van der Waals surface area contributed by atoms with Crippen molar-refractivity contribution in [1.29, 1.82) is 0 Å². The van der Waals surface area contributed by atoms with Crippen LogP contribution in [0.15, 0.2) is 48.5 Å². The zero-order valence-electron chi connectivity index (χ0n) is 14.8. The Hall–Kier alpha value is -3.48. The Kier molecular flexibility index (Phi) is 4.19. The van der Waals surface area contributed by atoms with Crippen molar-refractivity contribution in [1.82, 2.24) is 14.5 Å². The van der Waals surface area contributed by atoms with E-state index in [0.29, 0.717) is 23.6 Å². The summed E-state index contributed by atoms with van der Waals surface area (Å²) < 4.78 is 1.93. The maximum Gasteiger partial charge on any atom is 0.262 e. The molecule has 3 amide bonds. The summed E-state index contributed by atoms with van der Waals surface area (Å²) in [4.78, 5) is 42.8. The predicted molar refractivity (Wildman–Crippen MR) is 100 cm³/mol. The van der Waals surface area contributed by atoms with Crippen LogP contribution < -0.4 is 5.32 Å². The summed E-state index contributed by atoms with van der Waals surface area (Å²) in [6.45, 7) is 2.39. The first-order chi connectivity index (χ1) is 13.1. The summed E-state index contributed by atoms with van der Waals surface area (Å²) in [6.07, 6.45) is 0.877. The van der Waals surface area contributed by atoms with Crippen molar-refractivity contribution in [2.24, 2.45) is 0 Å². The summed E-state index contributed by atoms with van der Waals surface area (Å²) in [5, 5.41) is 2.75. The van der Waals surface area contributed by atoms with Crippen molar-refractivity contribution >= 4 is 34.7 Å². The first kappa shape index (κ1) is 17.0. The lowest BCUT2D eigenvalue weighted by atomic mass is 10.1. The fourth-order valence-electron chi connectivity index (χ4n) is 3.31. The molecule has 0 atom stereocenters. The third-order valence-electron chi connectivity index (χ3n) is 4.53. The standard InChI is InChI=1S/C20H18N4O3/c1-2-11-23-16-10-6-5-9-15(16)21-20(23)22-17(25)12-24-18(26)13-7-3-4-8-14(13)19(24)27/h3-10H,2,11-12H2,1H3,(H,21,22,25). The number of nitrogens with zero attached hydrogens (tertiary/aromatic N) is 3. The number of imidazole rings is 1. The highest BCUT2D eigenvalue weighted by Gasteiger charge is 2.36. The summed E-state index contributed by atoms with van der Waals surface area (Å²) in [5.74, 6) is -0.947. The molecule has 2 aromatic carbocycles. The van der Waals surface area contributed by atoms with E-state index in [4.69, 9.17) is 0 Å². The Labute approximate surface area is 155 Å². The van der Waals surface area contributed by atoms with E-state index >= 15 is 0 Å². The number of nitrogens with one attached hydrogen (secondary N) is 1. The van der Waals surface area contributed by atoms with E-state index < -0.39 is 17.7 Å². The minimum absolute atomic E-state index is 0.327. The summed E-state index contributed by atoms with van der Waals surface area (Å²) in [5.41, 5.74) is 2.36. The SMILES string of the molecule is CCCn1c(NC(=O)CN2C(=O)c3ccccc3C2=O)nc2ccccc21. The van der Waals surface area contributed by atoms with Crippen LogP contribution in [0.25, 0.3) is 11.0 Å². The van der Waals surface area contributed by atoms with Gasteiger partial charge in [-0.1, -0.05) is 31.2 Å². The molecule has 1 aliphatic heterocycles. The minimum atomic E-state index is -0.461. The minimum Gasteiger partial charge on any atom is -0.310 e. The highest BCUT2D eigenvalue weighted by molar-refractivity contribution is 6.22. The number of hydrogen-bond acceptors (Lipinski definition) is 4. The van der Waals surface area contributed by atoms with Crippen molar-refractivity contribution in [3.8, 4) is 0 Å². The van der Waals surface area contributed by atoms with E-state index in [-0.39, 0.29) is 6.54 Å². The maximum absolute atomic E-state index is 12.5. The molecule has 136 valence electrons. The molecule has 3 aromatic rings. The maximum atomic E-state index is 12.5. The number of rotatable bonds is 5. The van der Waals surface area contributed by atoms with Gasteiger partial charge < -0.3 is 4.57 Å². The average molecular weight is 362 g/mol. The lowest BCUT2D eigenvalue weighted by Gasteiger charge is -2.14. The Morgan fingerprint density at radius 2 is 1.63 bits per heavy atom. The molecule has 0 fully saturated rings. The largest absolute Gasteiger partial charge is 0.310 e. The first-order valence-electron chi connectivity index (χ1n) is 8.80. The van der Waals surface area contributed by atoms with Crippen molar-refractivity contribution in [2.75, 3.05) is 11.9 Å². The molecule has 0 saturated heterocycles. The smallest absolute Gasteiger partial charge is 0.262 e. The van der Waals surface area contributed by atoms with Gasteiger partial charge in [0.2, 0.25) is 11.9 Å². The van der Waals surface area contributed by atoms with E-state index in [1.54, 1.807) is 24.3 Å². The van der Waals surface area contributed by atoms with Crippen LogP contribution in [0.1, 0.15) is 34.1 Å². The van der Waals surface area contributed by atoms with E-state index in [1.807, 2.05) is 35.8 Å². The third kappa shape index (κ3) is 2.87. The van der Waals surface area contributed by atoms with Gasteiger partial charge in [-0.05, 0) is 30.7 Å². The van der Waals surface area contributed by atoms with Gasteiger partial charge in [-0.2, -0.15) is 0 Å². The normalized spacial score (nSPS) is 13.3. The highest BCUT2D eigenvalue weighted by atomic mass is 16.2. The van der Waals surface area contributed by atoms with Crippen LogP contribution >= 0.6 is 0 Å². The second-order valence-electron chi connectivity index (χ2n) is 6.37. The molecular weight excluding hydrogens is 344 g/mol. The Morgan fingerprint density at radius 1 is 1.00 bits per heavy atom. The number of carbonyl (C=O) groups excluding carboxylic acids is 3. The molecule has 7 heteroatoms. The molecule has 0 unspecified atom stereocenters. The second-order valence-corrected chi connectivity index (χ2v) is 6.37. The van der Waals surface area contributed by atoms with Crippen LogP contribution in [0, 0.1) is 0 Å². The predicted octanol–water partition coefficient (Wildman–Crippen LogP) is 2.68. The lowest BCUT2D eigenvalue weighted by Crippen LogP contribution is -2.37. The van der Waals surface area contributed by atoms with Gasteiger partial charge in [0, 0.05) is 6.54 Å². The quantitative estimate of drug-likeness (QED) is 0.707. The molecule has 4 rings (SSSR count). The number of fused-ring (bicyclic) bond motifs is 2. The molecule has 7 nitrogen and oxygen atoms in total. The van der Waals surface area contributed by atoms with Crippen LogP contribution in [0.4, 0.5) is 5.95 Å². The van der Waals surface area contributed by atoms with Gasteiger partial charge >= 0.3 is 0 Å². The van der Waals surface area contributed by atoms with Crippen molar-refractivity contribution < 1.29 is 14.4 Å². The highest BCUT2D eigenvalue weighted by Crippen LogP contribution is 2.23. The summed E-state index contributed by atoms with van der Waals surface area (Å²) in [7, 11) is 0. The molecule has 1 aliphatic rings. The molecular formula is C20H18N4O3. The molecule has 0 bridgehead atoms. The van der Waals surface area contributed by atoms with Gasteiger partial charge in [-0.25, -0.2) is 4.98 Å². The monoisotopic (exact) mass is 362 g/mol. The molecule has 0 radical (unpaired) electrons. The van der Waals surface area contributed by atoms with Crippen LogP contribution in [0.2, 0.25) is 0 Å². The molecule has 27 heavy (non-hydrogen) atoms. The third-order valence-corrected chi connectivity index (χ3v) is 4.53. The molecule has 2 heterocycles. The molecule has 1 N–H and O–H groups in total. The van der Waals surface area contributed by atoms with Crippen LogP contribution in [0.3, 0.4) is 0 Å². The van der Waals surface area contributed by atoms with E-state index in [2.05, 4.69) is 10.3 Å². The van der Waals surface area contributed by atoms with Crippen molar-refractivity contribution in [2.45, 2.75) is 19.9 Å². The Morgan fingerprint density at radius 3 is 2.30 bits per heavy atom. The van der Waals surface area contributed by atoms with Crippen LogP contribution in [-0.2, 0) is 11.3 Å². The number of aryl methyl sites for hydroxylation is 1. The molecule has 0 spiro atoms. The van der Waals surface area contributed by atoms with Crippen LogP contribution in [-0.4, -0.2) is 38.7 Å². The number of amides is 3. The lowest BCUT2D eigenvalue weighted by molar-refractivity contribution is -0.116. The summed E-state index contributed by atoms with van der Waals surface area (Å²) in [6, 6.07) is 14.2. The molecule has 1 aromatic heterocycles. The Bertz CT molecular complexity index is 1040. The number of carbonyl (C=O) groups is 3. The Balaban J connectivity index is 1.56. The van der Waals surface area contributed by atoms with Crippen molar-refractivity contribution in [3.05, 3.63) is 59.7 Å². The number of benzene rings is 2. The van der Waals surface area contributed by atoms with Gasteiger partial charge in [0.15, 0.2) is 0 Å². The zero-order chi connectivity index (χ0) is 19.0. The number of imide groups is 1. The van der Waals surface area contributed by atoms with E-state index in [0.717, 1.165) is 22.4 Å². The average Bonchev–Trinajstić information content (AvgIpc) is 3.13. The van der Waals surface area contributed by atoms with Gasteiger partial charge in [-0.15, -0.1) is 0 Å². The van der Waals surface area contributed by atoms with Crippen molar-refractivity contribution in [3.63, 3.8) is 0 Å². The summed E-state index contributed by atoms with van der Waals surface area (Å²) >= 11 is 0.